The lowest BCUT2D eigenvalue weighted by molar-refractivity contribution is 0.283. The Labute approximate surface area is 118 Å². The molecule has 1 aliphatic rings. The van der Waals surface area contributed by atoms with E-state index in [2.05, 4.69) is 10.3 Å². The van der Waals surface area contributed by atoms with Crippen LogP contribution in [0.4, 0.5) is 0 Å². The van der Waals surface area contributed by atoms with Gasteiger partial charge in [-0.1, -0.05) is 24.3 Å². The van der Waals surface area contributed by atoms with Crippen LogP contribution in [0.25, 0.3) is 10.8 Å². The van der Waals surface area contributed by atoms with E-state index in [1.54, 1.807) is 6.20 Å². The molecule has 0 spiro atoms. The monoisotopic (exact) mass is 291 g/mol. The molecule has 2 heterocycles. The first-order valence-electron chi connectivity index (χ1n) is 6.67. The summed E-state index contributed by atoms with van der Waals surface area (Å²) in [5, 5.41) is 4.93. The average Bonchev–Trinajstić information content (AvgIpc) is 2.47. The molecule has 5 nitrogen and oxygen atoms in total. The zero-order valence-corrected chi connectivity index (χ0v) is 12.1. The summed E-state index contributed by atoms with van der Waals surface area (Å²) < 4.78 is 27.2. The molecule has 0 saturated carbocycles. The van der Waals surface area contributed by atoms with Gasteiger partial charge in [0.2, 0.25) is 0 Å². The van der Waals surface area contributed by atoms with Crippen LogP contribution in [0.5, 0.6) is 0 Å². The van der Waals surface area contributed by atoms with Crippen LogP contribution in [0.15, 0.2) is 41.6 Å². The van der Waals surface area contributed by atoms with Crippen LogP contribution >= 0.6 is 0 Å². The molecule has 1 aliphatic heterocycles. The number of sulfonamides is 1. The molecule has 1 fully saturated rings. The lowest BCUT2D eigenvalue weighted by atomic mass is 10.2. The van der Waals surface area contributed by atoms with Crippen molar-refractivity contribution >= 4 is 20.8 Å². The fraction of sp³-hybridized carbons (Fsp3) is 0.357. The van der Waals surface area contributed by atoms with E-state index in [1.165, 1.54) is 4.31 Å². The maximum atomic E-state index is 12.8. The summed E-state index contributed by atoms with van der Waals surface area (Å²) in [5.41, 5.74) is 0. The van der Waals surface area contributed by atoms with Crippen molar-refractivity contribution in [2.45, 2.75) is 18.0 Å². The van der Waals surface area contributed by atoms with Gasteiger partial charge in [0, 0.05) is 37.3 Å². The summed E-state index contributed by atoms with van der Waals surface area (Å²) in [4.78, 5) is 4.14. The van der Waals surface area contributed by atoms with Crippen molar-refractivity contribution in [3.63, 3.8) is 0 Å². The Bertz CT molecular complexity index is 725. The largest absolute Gasteiger partial charge is 0.314 e. The van der Waals surface area contributed by atoms with Crippen LogP contribution < -0.4 is 5.32 Å². The normalized spacial score (nSPS) is 21.1. The number of nitrogens with one attached hydrogen (secondary N) is 1. The first-order valence-corrected chi connectivity index (χ1v) is 8.11. The molecule has 2 aromatic rings. The fourth-order valence-electron chi connectivity index (χ4n) is 2.59. The van der Waals surface area contributed by atoms with Gasteiger partial charge in [-0.2, -0.15) is 4.31 Å². The van der Waals surface area contributed by atoms with Crippen LogP contribution in [-0.2, 0) is 10.0 Å². The van der Waals surface area contributed by atoms with Crippen LogP contribution in [-0.4, -0.2) is 43.4 Å². The van der Waals surface area contributed by atoms with Gasteiger partial charge in [-0.15, -0.1) is 0 Å². The van der Waals surface area contributed by atoms with E-state index in [1.807, 2.05) is 37.3 Å². The number of rotatable bonds is 2. The molecule has 0 amide bonds. The van der Waals surface area contributed by atoms with Gasteiger partial charge in [0.15, 0.2) is 5.03 Å². The van der Waals surface area contributed by atoms with Crippen molar-refractivity contribution in [1.82, 2.24) is 14.6 Å². The van der Waals surface area contributed by atoms with E-state index in [9.17, 15) is 8.42 Å². The van der Waals surface area contributed by atoms with E-state index < -0.39 is 10.0 Å². The Kier molecular flexibility index (Phi) is 3.45. The number of fused-ring (bicyclic) bond motifs is 1. The predicted octanol–water partition coefficient (Wildman–Crippen LogP) is 1.22. The lowest BCUT2D eigenvalue weighted by Gasteiger charge is -2.32. The second-order valence-electron chi connectivity index (χ2n) is 5.01. The van der Waals surface area contributed by atoms with Crippen molar-refractivity contribution in [2.75, 3.05) is 19.6 Å². The topological polar surface area (TPSA) is 62.3 Å². The summed E-state index contributed by atoms with van der Waals surface area (Å²) in [6.07, 6.45) is 1.56. The predicted molar refractivity (Wildman–Crippen MR) is 78.0 cm³/mol. The molecular weight excluding hydrogens is 274 g/mol. The highest BCUT2D eigenvalue weighted by molar-refractivity contribution is 7.89. The van der Waals surface area contributed by atoms with E-state index in [4.69, 9.17) is 0 Å². The SMILES string of the molecule is CC1CNCCN1S(=O)(=O)c1nccc2ccccc12. The Morgan fingerprint density at radius 3 is 2.90 bits per heavy atom. The molecule has 1 atom stereocenters. The maximum Gasteiger partial charge on any atom is 0.261 e. The molecule has 0 radical (unpaired) electrons. The minimum Gasteiger partial charge on any atom is -0.314 e. The van der Waals surface area contributed by atoms with Crippen molar-refractivity contribution in [3.8, 4) is 0 Å². The van der Waals surface area contributed by atoms with E-state index in [-0.39, 0.29) is 11.1 Å². The van der Waals surface area contributed by atoms with Crippen LogP contribution in [0.2, 0.25) is 0 Å². The van der Waals surface area contributed by atoms with Crippen molar-refractivity contribution < 1.29 is 8.42 Å². The number of benzene rings is 1. The van der Waals surface area contributed by atoms with Gasteiger partial charge in [0.25, 0.3) is 10.0 Å². The highest BCUT2D eigenvalue weighted by Crippen LogP contribution is 2.25. The number of aromatic nitrogens is 1. The van der Waals surface area contributed by atoms with Gasteiger partial charge >= 0.3 is 0 Å². The second-order valence-corrected chi connectivity index (χ2v) is 6.81. The summed E-state index contributed by atoms with van der Waals surface area (Å²) in [5.74, 6) is 0. The minimum absolute atomic E-state index is 0.0606. The molecule has 0 bridgehead atoms. The molecular formula is C14H17N3O2S. The Balaban J connectivity index is 2.14. The molecule has 1 unspecified atom stereocenters. The standard InChI is InChI=1S/C14H17N3O2S/c1-11-10-15-8-9-17(11)20(18,19)14-13-5-3-2-4-12(13)6-7-16-14/h2-7,11,15H,8-10H2,1H3. The molecule has 3 rings (SSSR count). The molecule has 106 valence electrons. The molecule has 0 aliphatic carbocycles. The number of hydrogen-bond donors (Lipinski definition) is 1. The third kappa shape index (κ3) is 2.19. The summed E-state index contributed by atoms with van der Waals surface area (Å²) in [6, 6.07) is 9.21. The molecule has 1 saturated heterocycles. The zero-order chi connectivity index (χ0) is 14.2. The summed E-state index contributed by atoms with van der Waals surface area (Å²) in [7, 11) is -3.56. The maximum absolute atomic E-state index is 12.8. The smallest absolute Gasteiger partial charge is 0.261 e. The highest BCUT2D eigenvalue weighted by atomic mass is 32.2. The number of pyridine rings is 1. The Morgan fingerprint density at radius 1 is 1.30 bits per heavy atom. The van der Waals surface area contributed by atoms with Gasteiger partial charge in [-0.3, -0.25) is 0 Å². The molecule has 1 N–H and O–H groups in total. The molecule has 1 aromatic carbocycles. The quantitative estimate of drug-likeness (QED) is 0.903. The first-order chi connectivity index (χ1) is 9.60. The highest BCUT2D eigenvalue weighted by Gasteiger charge is 2.32. The molecule has 6 heteroatoms. The van der Waals surface area contributed by atoms with E-state index >= 15 is 0 Å². The van der Waals surface area contributed by atoms with Crippen molar-refractivity contribution in [2.24, 2.45) is 0 Å². The summed E-state index contributed by atoms with van der Waals surface area (Å²) in [6.45, 7) is 3.74. The Morgan fingerprint density at radius 2 is 2.10 bits per heavy atom. The second kappa shape index (κ2) is 5.12. The first kappa shape index (κ1) is 13.5. The van der Waals surface area contributed by atoms with Crippen molar-refractivity contribution in [3.05, 3.63) is 36.5 Å². The number of nitrogens with zero attached hydrogens (tertiary/aromatic N) is 2. The number of piperazine rings is 1. The van der Waals surface area contributed by atoms with Gasteiger partial charge in [-0.25, -0.2) is 13.4 Å². The van der Waals surface area contributed by atoms with Gasteiger partial charge < -0.3 is 5.32 Å². The third-order valence-electron chi connectivity index (χ3n) is 3.63. The van der Waals surface area contributed by atoms with Gasteiger partial charge in [-0.05, 0) is 18.4 Å². The average molecular weight is 291 g/mol. The third-order valence-corrected chi connectivity index (χ3v) is 5.60. The fourth-order valence-corrected chi connectivity index (χ4v) is 4.35. The number of hydrogen-bond acceptors (Lipinski definition) is 4. The van der Waals surface area contributed by atoms with E-state index in [0.717, 1.165) is 5.39 Å². The van der Waals surface area contributed by atoms with Crippen LogP contribution in [0.1, 0.15) is 6.92 Å². The molecule has 20 heavy (non-hydrogen) atoms. The van der Waals surface area contributed by atoms with Gasteiger partial charge in [0.1, 0.15) is 0 Å². The minimum atomic E-state index is -3.56. The van der Waals surface area contributed by atoms with Crippen LogP contribution in [0, 0.1) is 0 Å². The zero-order valence-electron chi connectivity index (χ0n) is 11.3. The lowest BCUT2D eigenvalue weighted by Crippen LogP contribution is -2.52. The van der Waals surface area contributed by atoms with Crippen molar-refractivity contribution in [1.29, 1.82) is 0 Å². The van der Waals surface area contributed by atoms with Crippen LogP contribution in [0.3, 0.4) is 0 Å². The van der Waals surface area contributed by atoms with Gasteiger partial charge in [0.05, 0.1) is 0 Å². The Hall–Kier alpha value is -1.50. The van der Waals surface area contributed by atoms with E-state index in [0.29, 0.717) is 25.0 Å². The molecule has 1 aromatic heterocycles. The summed E-state index contributed by atoms with van der Waals surface area (Å²) >= 11 is 0.